The molecule has 0 aromatic heterocycles. The van der Waals surface area contributed by atoms with Crippen LogP contribution < -0.4 is 14.2 Å². The second kappa shape index (κ2) is 7.30. The average molecular weight is 339 g/mol. The smallest absolute Gasteiger partial charge is 0.254 e. The van der Waals surface area contributed by atoms with Crippen molar-refractivity contribution in [2.75, 3.05) is 20.4 Å². The van der Waals surface area contributed by atoms with Gasteiger partial charge in [0, 0.05) is 19.2 Å². The first-order valence-corrected chi connectivity index (χ1v) is 8.04. The van der Waals surface area contributed by atoms with Crippen molar-refractivity contribution in [3.05, 3.63) is 65.7 Å². The lowest BCUT2D eigenvalue weighted by molar-refractivity contribution is 0.0784. The average Bonchev–Trinajstić information content (AvgIpc) is 3.07. The third-order valence-electron chi connectivity index (χ3n) is 3.77. The highest BCUT2D eigenvalue weighted by atomic mass is 16.7. The Labute approximate surface area is 147 Å². The zero-order valence-corrected chi connectivity index (χ0v) is 14.5. The van der Waals surface area contributed by atoms with Gasteiger partial charge < -0.3 is 19.1 Å². The Morgan fingerprint density at radius 2 is 2.00 bits per heavy atom. The van der Waals surface area contributed by atoms with Gasteiger partial charge >= 0.3 is 0 Å². The summed E-state index contributed by atoms with van der Waals surface area (Å²) in [5.74, 6) is 2.04. The Balaban J connectivity index is 1.67. The topological polar surface area (TPSA) is 48.0 Å². The standard InChI is InChI=1S/C20H21NO4/c1-14(2)12-23-17-6-4-5-16(10-17)20(22)21(3)11-15-7-8-18-19(9-15)25-13-24-18/h4-10H,1,11-13H2,2-3H3. The van der Waals surface area contributed by atoms with Gasteiger partial charge in [0.25, 0.3) is 5.91 Å². The number of hydrogen-bond donors (Lipinski definition) is 0. The van der Waals surface area contributed by atoms with E-state index < -0.39 is 0 Å². The number of ether oxygens (including phenoxy) is 3. The maximum Gasteiger partial charge on any atom is 0.254 e. The summed E-state index contributed by atoms with van der Waals surface area (Å²) in [6.07, 6.45) is 0. The molecule has 5 nitrogen and oxygen atoms in total. The first-order valence-electron chi connectivity index (χ1n) is 8.04. The van der Waals surface area contributed by atoms with Gasteiger partial charge in [-0.3, -0.25) is 4.79 Å². The molecule has 0 unspecified atom stereocenters. The van der Waals surface area contributed by atoms with Crippen molar-refractivity contribution in [1.82, 2.24) is 4.90 Å². The molecule has 0 saturated carbocycles. The molecule has 0 N–H and O–H groups in total. The van der Waals surface area contributed by atoms with Crippen LogP contribution in [0.5, 0.6) is 17.2 Å². The summed E-state index contributed by atoms with van der Waals surface area (Å²) >= 11 is 0. The summed E-state index contributed by atoms with van der Waals surface area (Å²) in [6.45, 7) is 6.86. The van der Waals surface area contributed by atoms with E-state index in [1.54, 1.807) is 24.1 Å². The SMILES string of the molecule is C=C(C)COc1cccc(C(=O)N(C)Cc2ccc3c(c2)OCO3)c1. The Morgan fingerprint density at radius 1 is 1.20 bits per heavy atom. The molecule has 0 aliphatic carbocycles. The summed E-state index contributed by atoms with van der Waals surface area (Å²) in [7, 11) is 1.77. The lowest BCUT2D eigenvalue weighted by Crippen LogP contribution is -2.26. The van der Waals surface area contributed by atoms with Gasteiger partial charge in [-0.25, -0.2) is 0 Å². The van der Waals surface area contributed by atoms with Crippen LogP contribution in [0.1, 0.15) is 22.8 Å². The van der Waals surface area contributed by atoms with Crippen LogP contribution in [0.3, 0.4) is 0 Å². The molecule has 1 aliphatic rings. The molecule has 130 valence electrons. The highest BCUT2D eigenvalue weighted by molar-refractivity contribution is 5.94. The third kappa shape index (κ3) is 4.12. The van der Waals surface area contributed by atoms with Crippen LogP contribution in [-0.2, 0) is 6.54 Å². The second-order valence-corrected chi connectivity index (χ2v) is 6.12. The first-order chi connectivity index (χ1) is 12.0. The van der Waals surface area contributed by atoms with E-state index in [9.17, 15) is 4.79 Å². The van der Waals surface area contributed by atoms with E-state index in [1.807, 2.05) is 37.3 Å². The van der Waals surface area contributed by atoms with Gasteiger partial charge in [0.2, 0.25) is 6.79 Å². The molecule has 0 radical (unpaired) electrons. The highest BCUT2D eigenvalue weighted by Crippen LogP contribution is 2.32. The monoisotopic (exact) mass is 339 g/mol. The van der Waals surface area contributed by atoms with E-state index in [-0.39, 0.29) is 12.7 Å². The van der Waals surface area contributed by atoms with E-state index in [0.717, 1.165) is 16.9 Å². The van der Waals surface area contributed by atoms with Gasteiger partial charge in [0.1, 0.15) is 12.4 Å². The van der Waals surface area contributed by atoms with Gasteiger partial charge in [-0.2, -0.15) is 0 Å². The van der Waals surface area contributed by atoms with E-state index in [0.29, 0.717) is 30.2 Å². The molecule has 0 fully saturated rings. The molecule has 2 aromatic carbocycles. The fraction of sp³-hybridized carbons (Fsp3) is 0.250. The number of carbonyl (C=O) groups excluding carboxylic acids is 1. The van der Waals surface area contributed by atoms with Crippen molar-refractivity contribution in [3.8, 4) is 17.2 Å². The lowest BCUT2D eigenvalue weighted by atomic mass is 10.1. The lowest BCUT2D eigenvalue weighted by Gasteiger charge is -2.18. The zero-order valence-electron chi connectivity index (χ0n) is 14.5. The Bertz CT molecular complexity index is 800. The number of nitrogens with zero attached hydrogens (tertiary/aromatic N) is 1. The molecular formula is C20H21NO4. The molecular weight excluding hydrogens is 318 g/mol. The van der Waals surface area contributed by atoms with Crippen LogP contribution in [0, 0.1) is 0 Å². The Morgan fingerprint density at radius 3 is 2.80 bits per heavy atom. The van der Waals surface area contributed by atoms with Gasteiger partial charge in [0.15, 0.2) is 11.5 Å². The predicted molar refractivity (Wildman–Crippen MR) is 95.1 cm³/mol. The Hall–Kier alpha value is -2.95. The number of hydrogen-bond acceptors (Lipinski definition) is 4. The summed E-state index contributed by atoms with van der Waals surface area (Å²) in [5.41, 5.74) is 2.49. The van der Waals surface area contributed by atoms with Crippen molar-refractivity contribution < 1.29 is 19.0 Å². The van der Waals surface area contributed by atoms with Crippen LogP contribution in [0.15, 0.2) is 54.6 Å². The second-order valence-electron chi connectivity index (χ2n) is 6.12. The number of benzene rings is 2. The third-order valence-corrected chi connectivity index (χ3v) is 3.77. The van der Waals surface area contributed by atoms with Crippen LogP contribution >= 0.6 is 0 Å². The van der Waals surface area contributed by atoms with Crippen LogP contribution in [-0.4, -0.2) is 31.3 Å². The normalized spacial score (nSPS) is 11.9. The summed E-state index contributed by atoms with van der Waals surface area (Å²) in [6, 6.07) is 12.9. The van der Waals surface area contributed by atoms with Crippen molar-refractivity contribution >= 4 is 5.91 Å². The molecule has 1 aliphatic heterocycles. The van der Waals surface area contributed by atoms with E-state index in [2.05, 4.69) is 6.58 Å². The quantitative estimate of drug-likeness (QED) is 0.754. The minimum atomic E-state index is -0.0709. The zero-order chi connectivity index (χ0) is 17.8. The minimum Gasteiger partial charge on any atom is -0.489 e. The van der Waals surface area contributed by atoms with Gasteiger partial charge in [-0.1, -0.05) is 18.7 Å². The van der Waals surface area contributed by atoms with Crippen LogP contribution in [0.25, 0.3) is 0 Å². The number of amides is 1. The van der Waals surface area contributed by atoms with E-state index in [4.69, 9.17) is 14.2 Å². The molecule has 0 spiro atoms. The van der Waals surface area contributed by atoms with E-state index >= 15 is 0 Å². The van der Waals surface area contributed by atoms with Crippen LogP contribution in [0.4, 0.5) is 0 Å². The molecule has 5 heteroatoms. The van der Waals surface area contributed by atoms with Crippen molar-refractivity contribution in [1.29, 1.82) is 0 Å². The number of fused-ring (bicyclic) bond motifs is 1. The van der Waals surface area contributed by atoms with Crippen LogP contribution in [0.2, 0.25) is 0 Å². The fourth-order valence-electron chi connectivity index (χ4n) is 2.53. The predicted octanol–water partition coefficient (Wildman–Crippen LogP) is 3.64. The molecule has 0 atom stereocenters. The molecule has 25 heavy (non-hydrogen) atoms. The summed E-state index contributed by atoms with van der Waals surface area (Å²) < 4.78 is 16.3. The fourth-order valence-corrected chi connectivity index (χ4v) is 2.53. The molecule has 0 saturated heterocycles. The molecule has 1 amide bonds. The summed E-state index contributed by atoms with van der Waals surface area (Å²) in [4.78, 5) is 14.3. The molecule has 0 bridgehead atoms. The van der Waals surface area contributed by atoms with Gasteiger partial charge in [-0.05, 0) is 48.4 Å². The molecule has 2 aromatic rings. The maximum atomic E-state index is 12.7. The Kier molecular flexibility index (Phi) is 4.93. The summed E-state index contributed by atoms with van der Waals surface area (Å²) in [5, 5.41) is 0. The molecule has 3 rings (SSSR count). The number of rotatable bonds is 6. The van der Waals surface area contributed by atoms with E-state index in [1.165, 1.54) is 0 Å². The first kappa shape index (κ1) is 16.9. The van der Waals surface area contributed by atoms with Gasteiger partial charge in [0.05, 0.1) is 0 Å². The molecule has 1 heterocycles. The maximum absolute atomic E-state index is 12.7. The van der Waals surface area contributed by atoms with Gasteiger partial charge in [-0.15, -0.1) is 0 Å². The highest BCUT2D eigenvalue weighted by Gasteiger charge is 2.16. The number of carbonyl (C=O) groups is 1. The van der Waals surface area contributed by atoms with Crippen molar-refractivity contribution in [2.24, 2.45) is 0 Å². The van der Waals surface area contributed by atoms with Crippen molar-refractivity contribution in [3.63, 3.8) is 0 Å². The van der Waals surface area contributed by atoms with Crippen molar-refractivity contribution in [2.45, 2.75) is 13.5 Å². The minimum absolute atomic E-state index is 0.0709. The largest absolute Gasteiger partial charge is 0.489 e.